The van der Waals surface area contributed by atoms with Crippen molar-refractivity contribution in [3.05, 3.63) is 62.9 Å². The van der Waals surface area contributed by atoms with E-state index in [0.29, 0.717) is 21.6 Å². The van der Waals surface area contributed by atoms with E-state index < -0.39 is 0 Å². The van der Waals surface area contributed by atoms with Crippen LogP contribution in [0, 0.1) is 0 Å². The fourth-order valence-corrected chi connectivity index (χ4v) is 5.32. The molecule has 0 spiro atoms. The van der Waals surface area contributed by atoms with Crippen molar-refractivity contribution < 1.29 is 4.42 Å². The summed E-state index contributed by atoms with van der Waals surface area (Å²) < 4.78 is 5.84. The Hall–Kier alpha value is -2.41. The molecule has 1 aliphatic carbocycles. The Morgan fingerprint density at radius 3 is 2.90 bits per heavy atom. The number of thiophene rings is 1. The summed E-state index contributed by atoms with van der Waals surface area (Å²) in [7, 11) is 0. The van der Waals surface area contributed by atoms with Crippen molar-refractivity contribution in [2.45, 2.75) is 25.7 Å². The fourth-order valence-electron chi connectivity index (χ4n) is 3.59. The second kappa shape index (κ2) is 7.78. The largest absolute Gasteiger partial charge is 0.455 e. The van der Waals surface area contributed by atoms with E-state index in [4.69, 9.17) is 27.6 Å². The number of hydrogen-bond acceptors (Lipinski definition) is 6. The van der Waals surface area contributed by atoms with Gasteiger partial charge in [0.25, 0.3) is 0 Å². The Bertz CT molecular complexity index is 1230. The first-order valence-electron chi connectivity index (χ1n) is 9.28. The highest BCUT2D eigenvalue weighted by Gasteiger charge is 2.19. The van der Waals surface area contributed by atoms with Gasteiger partial charge in [-0.1, -0.05) is 23.2 Å². The van der Waals surface area contributed by atoms with Crippen LogP contribution in [0.15, 0.2) is 46.2 Å². The summed E-state index contributed by atoms with van der Waals surface area (Å²) in [6, 6.07) is 9.00. The van der Waals surface area contributed by atoms with E-state index in [1.165, 1.54) is 23.3 Å². The molecule has 0 fully saturated rings. The molecule has 0 unspecified atom stereocenters. The van der Waals surface area contributed by atoms with Crippen LogP contribution in [0.5, 0.6) is 0 Å². The summed E-state index contributed by atoms with van der Waals surface area (Å²) >= 11 is 14.0. The van der Waals surface area contributed by atoms with Crippen molar-refractivity contribution in [1.29, 1.82) is 0 Å². The lowest BCUT2D eigenvalue weighted by atomic mass is 9.97. The lowest BCUT2D eigenvalue weighted by Gasteiger charge is -2.11. The number of hydrazone groups is 1. The normalized spacial score (nSPS) is 13.9. The van der Waals surface area contributed by atoms with Crippen LogP contribution in [-0.2, 0) is 12.8 Å². The zero-order chi connectivity index (χ0) is 19.8. The van der Waals surface area contributed by atoms with Crippen LogP contribution in [0.2, 0.25) is 10.0 Å². The van der Waals surface area contributed by atoms with E-state index in [1.54, 1.807) is 36.0 Å². The number of rotatable bonds is 4. The van der Waals surface area contributed by atoms with Crippen molar-refractivity contribution in [3.63, 3.8) is 0 Å². The van der Waals surface area contributed by atoms with Gasteiger partial charge >= 0.3 is 0 Å². The van der Waals surface area contributed by atoms with Crippen molar-refractivity contribution in [2.75, 3.05) is 5.43 Å². The molecule has 0 bridgehead atoms. The van der Waals surface area contributed by atoms with Crippen LogP contribution in [0.4, 0.5) is 5.82 Å². The van der Waals surface area contributed by atoms with E-state index in [1.807, 2.05) is 18.2 Å². The molecular weight excluding hydrogens is 427 g/mol. The quantitative estimate of drug-likeness (QED) is 0.286. The third kappa shape index (κ3) is 3.64. The number of nitrogens with zero attached hydrogens (tertiary/aromatic N) is 3. The summed E-state index contributed by atoms with van der Waals surface area (Å²) in [6.07, 6.45) is 7.85. The van der Waals surface area contributed by atoms with E-state index in [0.717, 1.165) is 34.4 Å². The molecule has 1 N–H and O–H groups in total. The lowest BCUT2D eigenvalue weighted by molar-refractivity contribution is 0.575. The minimum atomic E-state index is 0.541. The van der Waals surface area contributed by atoms with Crippen LogP contribution >= 0.6 is 34.5 Å². The Labute approximate surface area is 181 Å². The zero-order valence-electron chi connectivity index (χ0n) is 15.3. The summed E-state index contributed by atoms with van der Waals surface area (Å²) in [5, 5.41) is 6.55. The molecule has 29 heavy (non-hydrogen) atoms. The second-order valence-corrected chi connectivity index (χ2v) is 8.74. The molecule has 0 saturated heterocycles. The summed E-state index contributed by atoms with van der Waals surface area (Å²) in [4.78, 5) is 11.3. The van der Waals surface area contributed by atoms with Crippen molar-refractivity contribution in [3.8, 4) is 11.3 Å². The van der Waals surface area contributed by atoms with Gasteiger partial charge in [-0.05, 0) is 61.6 Å². The van der Waals surface area contributed by atoms with E-state index in [9.17, 15) is 0 Å². The maximum absolute atomic E-state index is 6.26. The first-order chi connectivity index (χ1) is 14.2. The summed E-state index contributed by atoms with van der Waals surface area (Å²) in [5.41, 5.74) is 5.21. The van der Waals surface area contributed by atoms with Gasteiger partial charge in [-0.3, -0.25) is 5.43 Å². The van der Waals surface area contributed by atoms with Gasteiger partial charge in [0.1, 0.15) is 22.7 Å². The van der Waals surface area contributed by atoms with E-state index in [-0.39, 0.29) is 0 Å². The van der Waals surface area contributed by atoms with Gasteiger partial charge in [-0.2, -0.15) is 5.10 Å². The molecule has 3 heterocycles. The molecule has 4 aromatic rings. The highest BCUT2D eigenvalue weighted by Crippen LogP contribution is 2.38. The first-order valence-corrected chi connectivity index (χ1v) is 10.9. The standard InChI is InChI=1S/C21H16Cl2N4OS/c22-12-5-7-14(16(23)9-12)17-8-6-13(28-17)10-26-27-20-19-15-3-1-2-4-18(15)29-21(19)25-11-24-20/h5-11H,1-4H2,(H,24,25,27). The SMILES string of the molecule is Clc1ccc(-c2ccc(C=NNc3ncnc4sc5c(c34)CCCC5)o2)c(Cl)c1. The van der Waals surface area contributed by atoms with Crippen molar-refractivity contribution >= 4 is 56.8 Å². The molecule has 0 saturated carbocycles. The Morgan fingerprint density at radius 2 is 2.00 bits per heavy atom. The number of furan rings is 1. The Morgan fingerprint density at radius 1 is 1.10 bits per heavy atom. The predicted octanol–water partition coefficient (Wildman–Crippen LogP) is 6.58. The van der Waals surface area contributed by atoms with Crippen LogP contribution < -0.4 is 5.43 Å². The molecule has 146 valence electrons. The van der Waals surface area contributed by atoms with E-state index in [2.05, 4.69) is 20.5 Å². The summed E-state index contributed by atoms with van der Waals surface area (Å²) in [6.45, 7) is 0. The minimum Gasteiger partial charge on any atom is -0.455 e. The van der Waals surface area contributed by atoms with Crippen LogP contribution in [0.1, 0.15) is 29.0 Å². The number of aromatic nitrogens is 2. The number of aryl methyl sites for hydroxylation is 2. The van der Waals surface area contributed by atoms with Gasteiger partial charge in [0.15, 0.2) is 5.82 Å². The molecule has 1 aromatic carbocycles. The van der Waals surface area contributed by atoms with Gasteiger partial charge in [-0.15, -0.1) is 11.3 Å². The topological polar surface area (TPSA) is 63.3 Å². The number of anilines is 1. The molecule has 0 radical (unpaired) electrons. The highest BCUT2D eigenvalue weighted by atomic mass is 35.5. The molecule has 8 heteroatoms. The maximum atomic E-state index is 6.26. The second-order valence-electron chi connectivity index (χ2n) is 6.81. The number of hydrogen-bond donors (Lipinski definition) is 1. The number of fused-ring (bicyclic) bond motifs is 3. The van der Waals surface area contributed by atoms with Crippen LogP contribution in [0.25, 0.3) is 21.5 Å². The third-order valence-corrected chi connectivity index (χ3v) is 6.68. The highest BCUT2D eigenvalue weighted by molar-refractivity contribution is 7.19. The maximum Gasteiger partial charge on any atom is 0.158 e. The minimum absolute atomic E-state index is 0.541. The molecule has 0 amide bonds. The van der Waals surface area contributed by atoms with Gasteiger partial charge in [0, 0.05) is 15.5 Å². The third-order valence-electron chi connectivity index (χ3n) is 4.94. The lowest BCUT2D eigenvalue weighted by Crippen LogP contribution is -2.00. The number of benzene rings is 1. The summed E-state index contributed by atoms with van der Waals surface area (Å²) in [5.74, 6) is 2.00. The molecule has 5 nitrogen and oxygen atoms in total. The monoisotopic (exact) mass is 442 g/mol. The van der Waals surface area contributed by atoms with Gasteiger partial charge in [0.2, 0.25) is 0 Å². The van der Waals surface area contributed by atoms with Crippen LogP contribution in [-0.4, -0.2) is 16.2 Å². The van der Waals surface area contributed by atoms with Gasteiger partial charge in [0.05, 0.1) is 16.6 Å². The molecule has 0 aliphatic heterocycles. The Balaban J connectivity index is 1.38. The molecular formula is C21H16Cl2N4OS. The number of nitrogens with one attached hydrogen (secondary N) is 1. The molecule has 0 atom stereocenters. The Kier molecular flexibility index (Phi) is 4.99. The molecule has 5 rings (SSSR count). The zero-order valence-corrected chi connectivity index (χ0v) is 17.6. The van der Waals surface area contributed by atoms with E-state index >= 15 is 0 Å². The average molecular weight is 443 g/mol. The number of halogens is 2. The van der Waals surface area contributed by atoms with Gasteiger partial charge < -0.3 is 4.42 Å². The van der Waals surface area contributed by atoms with Gasteiger partial charge in [-0.25, -0.2) is 9.97 Å². The van der Waals surface area contributed by atoms with Crippen LogP contribution in [0.3, 0.4) is 0 Å². The molecule has 1 aliphatic rings. The molecule has 3 aromatic heterocycles. The average Bonchev–Trinajstić information content (AvgIpc) is 3.33. The predicted molar refractivity (Wildman–Crippen MR) is 119 cm³/mol. The van der Waals surface area contributed by atoms with Crippen molar-refractivity contribution in [1.82, 2.24) is 9.97 Å². The van der Waals surface area contributed by atoms with Crippen molar-refractivity contribution in [2.24, 2.45) is 5.10 Å². The fraction of sp³-hybridized carbons (Fsp3) is 0.190. The first kappa shape index (κ1) is 18.6. The smallest absolute Gasteiger partial charge is 0.158 e.